The Morgan fingerprint density at radius 3 is 2.41 bits per heavy atom. The summed E-state index contributed by atoms with van der Waals surface area (Å²) in [4.78, 5) is 11.3. The van der Waals surface area contributed by atoms with Crippen molar-refractivity contribution in [3.8, 4) is 0 Å². The second-order valence-corrected chi connectivity index (χ2v) is 5.35. The average Bonchev–Trinajstić information content (AvgIpc) is 2.64. The van der Waals surface area contributed by atoms with Crippen molar-refractivity contribution >= 4 is 35.9 Å². The SMILES string of the molecule is CN=C(NCCNc1nccc(C(F)(F)F)n1)NCCc1ccccc1.I. The molecule has 1 aromatic heterocycles. The van der Waals surface area contributed by atoms with Crippen LogP contribution in [0.2, 0.25) is 0 Å². The fourth-order valence-electron chi connectivity index (χ4n) is 2.15. The largest absolute Gasteiger partial charge is 0.433 e. The molecule has 10 heteroatoms. The van der Waals surface area contributed by atoms with E-state index < -0.39 is 11.9 Å². The van der Waals surface area contributed by atoms with Crippen LogP contribution in [0.3, 0.4) is 0 Å². The van der Waals surface area contributed by atoms with E-state index in [1.54, 1.807) is 7.05 Å². The molecule has 1 heterocycles. The lowest BCUT2D eigenvalue weighted by molar-refractivity contribution is -0.141. The van der Waals surface area contributed by atoms with Gasteiger partial charge in [-0.25, -0.2) is 9.97 Å². The van der Waals surface area contributed by atoms with Gasteiger partial charge in [0.1, 0.15) is 5.69 Å². The fraction of sp³-hybridized carbons (Fsp3) is 0.353. The van der Waals surface area contributed by atoms with Crippen molar-refractivity contribution in [3.05, 3.63) is 53.9 Å². The van der Waals surface area contributed by atoms with Crippen LogP contribution in [0, 0.1) is 0 Å². The summed E-state index contributed by atoms with van der Waals surface area (Å²) >= 11 is 0. The third-order valence-corrected chi connectivity index (χ3v) is 3.42. The normalized spacial score (nSPS) is 11.5. The van der Waals surface area contributed by atoms with Crippen molar-refractivity contribution < 1.29 is 13.2 Å². The first-order valence-electron chi connectivity index (χ1n) is 8.11. The van der Waals surface area contributed by atoms with E-state index in [9.17, 15) is 13.2 Å². The van der Waals surface area contributed by atoms with Crippen molar-refractivity contribution in [2.24, 2.45) is 4.99 Å². The molecule has 0 fully saturated rings. The molecule has 0 bridgehead atoms. The number of benzene rings is 1. The Kier molecular flexibility index (Phi) is 9.83. The first-order valence-corrected chi connectivity index (χ1v) is 8.11. The van der Waals surface area contributed by atoms with Gasteiger partial charge in [-0.15, -0.1) is 24.0 Å². The summed E-state index contributed by atoms with van der Waals surface area (Å²) in [5, 5.41) is 9.00. The van der Waals surface area contributed by atoms with Gasteiger partial charge in [-0.2, -0.15) is 13.2 Å². The minimum absolute atomic E-state index is 0. The first-order chi connectivity index (χ1) is 12.5. The number of nitrogens with one attached hydrogen (secondary N) is 3. The quantitative estimate of drug-likeness (QED) is 0.239. The van der Waals surface area contributed by atoms with E-state index in [1.165, 1.54) is 5.56 Å². The van der Waals surface area contributed by atoms with E-state index in [4.69, 9.17) is 0 Å². The lowest BCUT2D eigenvalue weighted by atomic mass is 10.1. The van der Waals surface area contributed by atoms with Crippen molar-refractivity contribution in [1.82, 2.24) is 20.6 Å². The molecular weight excluding hydrogens is 472 g/mol. The monoisotopic (exact) mass is 494 g/mol. The minimum Gasteiger partial charge on any atom is -0.356 e. The van der Waals surface area contributed by atoms with Gasteiger partial charge < -0.3 is 16.0 Å². The number of guanidine groups is 1. The highest BCUT2D eigenvalue weighted by molar-refractivity contribution is 14.0. The van der Waals surface area contributed by atoms with Crippen LogP contribution < -0.4 is 16.0 Å². The van der Waals surface area contributed by atoms with Crippen LogP contribution in [0.15, 0.2) is 47.6 Å². The minimum atomic E-state index is -4.48. The maximum absolute atomic E-state index is 12.6. The van der Waals surface area contributed by atoms with Crippen LogP contribution >= 0.6 is 24.0 Å². The molecule has 0 spiro atoms. The second-order valence-electron chi connectivity index (χ2n) is 5.35. The molecule has 0 aliphatic carbocycles. The summed E-state index contributed by atoms with van der Waals surface area (Å²) in [5.74, 6) is 0.557. The number of halogens is 4. The standard InChI is InChI=1S/C17H21F3N6.HI/c1-21-15(22-9-7-13-5-3-2-4-6-13)24-11-12-25-16-23-10-8-14(26-16)17(18,19)20;/h2-6,8,10H,7,9,11-12H2,1H3,(H2,21,22,24)(H,23,25,26);1H. The van der Waals surface area contributed by atoms with Crippen LogP contribution in [0.1, 0.15) is 11.3 Å². The number of alkyl halides is 3. The van der Waals surface area contributed by atoms with Crippen LogP contribution in [-0.4, -0.2) is 42.6 Å². The van der Waals surface area contributed by atoms with Gasteiger partial charge in [-0.3, -0.25) is 4.99 Å². The number of hydrogen-bond acceptors (Lipinski definition) is 4. The molecular formula is C17H22F3IN6. The Hall–Kier alpha value is -2.11. The molecule has 6 nitrogen and oxygen atoms in total. The molecule has 2 aromatic rings. The molecule has 2 rings (SSSR count). The van der Waals surface area contributed by atoms with E-state index in [-0.39, 0.29) is 29.9 Å². The van der Waals surface area contributed by atoms with Gasteiger partial charge in [0.05, 0.1) is 0 Å². The second kappa shape index (κ2) is 11.6. The van der Waals surface area contributed by atoms with E-state index in [0.717, 1.165) is 18.7 Å². The van der Waals surface area contributed by atoms with E-state index in [2.05, 4.69) is 43.0 Å². The maximum atomic E-state index is 12.6. The molecule has 0 radical (unpaired) electrons. The molecule has 148 valence electrons. The zero-order chi connectivity index (χ0) is 18.8. The van der Waals surface area contributed by atoms with Crippen molar-refractivity contribution in [2.75, 3.05) is 32.0 Å². The number of aromatic nitrogens is 2. The van der Waals surface area contributed by atoms with Gasteiger partial charge in [-0.1, -0.05) is 30.3 Å². The summed E-state index contributed by atoms with van der Waals surface area (Å²) in [7, 11) is 1.65. The summed E-state index contributed by atoms with van der Waals surface area (Å²) in [6.07, 6.45) is -2.55. The number of aliphatic imine (C=N–C) groups is 1. The summed E-state index contributed by atoms with van der Waals surface area (Å²) in [5.41, 5.74) is 0.250. The molecule has 0 atom stereocenters. The molecule has 0 saturated heterocycles. The van der Waals surface area contributed by atoms with Crippen LogP contribution in [0.4, 0.5) is 19.1 Å². The van der Waals surface area contributed by atoms with Gasteiger partial charge in [0, 0.05) is 32.9 Å². The Bertz CT molecular complexity index is 709. The van der Waals surface area contributed by atoms with Crippen LogP contribution in [0.25, 0.3) is 0 Å². The maximum Gasteiger partial charge on any atom is 0.433 e. The van der Waals surface area contributed by atoms with Crippen molar-refractivity contribution in [2.45, 2.75) is 12.6 Å². The van der Waals surface area contributed by atoms with E-state index in [0.29, 0.717) is 25.6 Å². The fourth-order valence-corrected chi connectivity index (χ4v) is 2.15. The van der Waals surface area contributed by atoms with Crippen molar-refractivity contribution in [1.29, 1.82) is 0 Å². The molecule has 0 aliphatic rings. The smallest absolute Gasteiger partial charge is 0.356 e. The number of rotatable bonds is 7. The van der Waals surface area contributed by atoms with Gasteiger partial charge in [0.15, 0.2) is 5.96 Å². The van der Waals surface area contributed by atoms with Gasteiger partial charge >= 0.3 is 6.18 Å². The summed E-state index contributed by atoms with van der Waals surface area (Å²) < 4.78 is 37.8. The topological polar surface area (TPSA) is 74.2 Å². The van der Waals surface area contributed by atoms with Gasteiger partial charge in [-0.05, 0) is 18.1 Å². The highest BCUT2D eigenvalue weighted by Gasteiger charge is 2.32. The van der Waals surface area contributed by atoms with Gasteiger partial charge in [0.25, 0.3) is 0 Å². The third-order valence-electron chi connectivity index (χ3n) is 3.42. The molecule has 1 aromatic carbocycles. The molecule has 27 heavy (non-hydrogen) atoms. The van der Waals surface area contributed by atoms with E-state index >= 15 is 0 Å². The molecule has 0 amide bonds. The Morgan fingerprint density at radius 2 is 1.74 bits per heavy atom. The zero-order valence-electron chi connectivity index (χ0n) is 14.8. The highest BCUT2D eigenvalue weighted by Crippen LogP contribution is 2.27. The zero-order valence-corrected chi connectivity index (χ0v) is 17.1. The lowest BCUT2D eigenvalue weighted by Gasteiger charge is -2.12. The first kappa shape index (κ1) is 22.9. The Labute approximate surface area is 173 Å². The molecule has 0 saturated carbocycles. The number of nitrogens with zero attached hydrogens (tertiary/aromatic N) is 3. The predicted octanol–water partition coefficient (Wildman–Crippen LogP) is 2.93. The van der Waals surface area contributed by atoms with Gasteiger partial charge in [0.2, 0.25) is 5.95 Å². The highest BCUT2D eigenvalue weighted by atomic mass is 127. The number of hydrogen-bond donors (Lipinski definition) is 3. The van der Waals surface area contributed by atoms with Crippen LogP contribution in [-0.2, 0) is 12.6 Å². The molecule has 3 N–H and O–H groups in total. The molecule has 0 aliphatic heterocycles. The Morgan fingerprint density at radius 1 is 1.04 bits per heavy atom. The predicted molar refractivity (Wildman–Crippen MR) is 110 cm³/mol. The number of anilines is 1. The average molecular weight is 494 g/mol. The Balaban J connectivity index is 0.00000364. The van der Waals surface area contributed by atoms with Crippen molar-refractivity contribution in [3.63, 3.8) is 0 Å². The van der Waals surface area contributed by atoms with Crippen LogP contribution in [0.5, 0.6) is 0 Å². The lowest BCUT2D eigenvalue weighted by Crippen LogP contribution is -2.40. The summed E-state index contributed by atoms with van der Waals surface area (Å²) in [6.45, 7) is 1.51. The third kappa shape index (κ3) is 8.41. The summed E-state index contributed by atoms with van der Waals surface area (Å²) in [6, 6.07) is 10.9. The van der Waals surface area contributed by atoms with E-state index in [1.807, 2.05) is 18.2 Å². The molecule has 0 unspecified atom stereocenters.